The van der Waals surface area contributed by atoms with Gasteiger partial charge < -0.3 is 4.90 Å². The summed E-state index contributed by atoms with van der Waals surface area (Å²) in [7, 11) is -3.62. The summed E-state index contributed by atoms with van der Waals surface area (Å²) in [5.74, 6) is -0.139. The molecule has 2 aromatic carbocycles. The Labute approximate surface area is 173 Å². The van der Waals surface area contributed by atoms with Gasteiger partial charge in [0, 0.05) is 51.4 Å². The molecule has 0 bridgehead atoms. The van der Waals surface area contributed by atoms with Crippen LogP contribution in [0.15, 0.2) is 59.5 Å². The summed E-state index contributed by atoms with van der Waals surface area (Å²) < 4.78 is 27.8. The lowest BCUT2D eigenvalue weighted by Crippen LogP contribution is -2.48. The van der Waals surface area contributed by atoms with Gasteiger partial charge in [-0.25, -0.2) is 8.42 Å². The van der Waals surface area contributed by atoms with E-state index in [1.54, 1.807) is 23.1 Å². The van der Waals surface area contributed by atoms with Crippen molar-refractivity contribution in [2.24, 2.45) is 0 Å². The van der Waals surface area contributed by atoms with Crippen LogP contribution < -0.4 is 0 Å². The van der Waals surface area contributed by atoms with Crippen LogP contribution in [0.2, 0.25) is 0 Å². The van der Waals surface area contributed by atoms with Crippen LogP contribution in [0, 0.1) is 0 Å². The van der Waals surface area contributed by atoms with Crippen LogP contribution in [0.25, 0.3) is 0 Å². The maximum atomic E-state index is 13.1. The van der Waals surface area contributed by atoms with E-state index in [0.29, 0.717) is 44.8 Å². The van der Waals surface area contributed by atoms with Gasteiger partial charge in [-0.1, -0.05) is 36.4 Å². The zero-order valence-electron chi connectivity index (χ0n) is 17.1. The third kappa shape index (κ3) is 5.04. The van der Waals surface area contributed by atoms with Crippen LogP contribution >= 0.6 is 0 Å². The summed E-state index contributed by atoms with van der Waals surface area (Å²) in [6.07, 6.45) is 0. The summed E-state index contributed by atoms with van der Waals surface area (Å²) >= 11 is 0. The largest absolute Gasteiger partial charge is 0.339 e. The SMILES string of the molecule is CCN(CC)C(=O)c1cccc(S(=O)(=O)N2CCN(Cc3ccccc3)CC2)c1. The molecule has 0 aromatic heterocycles. The van der Waals surface area contributed by atoms with E-state index in [4.69, 9.17) is 0 Å². The predicted octanol–water partition coefficient (Wildman–Crippen LogP) is 2.68. The van der Waals surface area contributed by atoms with Gasteiger partial charge in [0.2, 0.25) is 10.0 Å². The summed E-state index contributed by atoms with van der Waals surface area (Å²) in [4.78, 5) is 16.7. The zero-order valence-corrected chi connectivity index (χ0v) is 17.9. The molecular weight excluding hydrogens is 386 g/mol. The van der Waals surface area contributed by atoms with Crippen molar-refractivity contribution in [3.8, 4) is 0 Å². The summed E-state index contributed by atoms with van der Waals surface area (Å²) in [6.45, 7) is 8.10. The molecule has 1 aliphatic heterocycles. The number of nitrogens with zero attached hydrogens (tertiary/aromatic N) is 3. The fraction of sp³-hybridized carbons (Fsp3) is 0.409. The van der Waals surface area contributed by atoms with Gasteiger partial charge in [0.05, 0.1) is 4.90 Å². The average Bonchev–Trinajstić information content (AvgIpc) is 2.76. The monoisotopic (exact) mass is 415 g/mol. The molecule has 6 nitrogen and oxygen atoms in total. The molecule has 0 aliphatic carbocycles. The molecule has 156 valence electrons. The minimum absolute atomic E-state index is 0.139. The van der Waals surface area contributed by atoms with Crippen LogP contribution in [0.5, 0.6) is 0 Å². The smallest absolute Gasteiger partial charge is 0.253 e. The fourth-order valence-electron chi connectivity index (χ4n) is 3.60. The highest BCUT2D eigenvalue weighted by Gasteiger charge is 2.29. The first-order chi connectivity index (χ1) is 14.0. The first-order valence-corrected chi connectivity index (χ1v) is 11.6. The lowest BCUT2D eigenvalue weighted by Gasteiger charge is -2.34. The third-order valence-electron chi connectivity index (χ3n) is 5.35. The van der Waals surface area contributed by atoms with Crippen molar-refractivity contribution >= 4 is 15.9 Å². The third-order valence-corrected chi connectivity index (χ3v) is 7.24. The standard InChI is InChI=1S/C22H29N3O3S/c1-3-24(4-2)22(26)20-11-8-12-21(17-20)29(27,28)25-15-13-23(14-16-25)18-19-9-6-5-7-10-19/h5-12,17H,3-4,13-16,18H2,1-2H3. The molecule has 29 heavy (non-hydrogen) atoms. The lowest BCUT2D eigenvalue weighted by molar-refractivity contribution is 0.0772. The lowest BCUT2D eigenvalue weighted by atomic mass is 10.2. The Hall–Kier alpha value is -2.22. The highest BCUT2D eigenvalue weighted by Crippen LogP contribution is 2.20. The number of amides is 1. The number of carbonyl (C=O) groups excluding carboxylic acids is 1. The summed E-state index contributed by atoms with van der Waals surface area (Å²) in [5, 5.41) is 0. The summed E-state index contributed by atoms with van der Waals surface area (Å²) in [6, 6.07) is 16.6. The van der Waals surface area contributed by atoms with Crippen LogP contribution in [-0.2, 0) is 16.6 Å². The Balaban J connectivity index is 1.68. The topological polar surface area (TPSA) is 60.9 Å². The molecule has 1 fully saturated rings. The highest BCUT2D eigenvalue weighted by atomic mass is 32.2. The van der Waals surface area contributed by atoms with Gasteiger partial charge in [0.25, 0.3) is 5.91 Å². The molecule has 0 saturated carbocycles. The van der Waals surface area contributed by atoms with E-state index in [1.807, 2.05) is 32.0 Å². The highest BCUT2D eigenvalue weighted by molar-refractivity contribution is 7.89. The average molecular weight is 416 g/mol. The normalized spacial score (nSPS) is 15.9. The second kappa shape index (κ2) is 9.52. The molecule has 1 saturated heterocycles. The maximum Gasteiger partial charge on any atom is 0.253 e. The van der Waals surface area contributed by atoms with Crippen molar-refractivity contribution in [1.82, 2.24) is 14.1 Å². The van der Waals surface area contributed by atoms with Crippen molar-refractivity contribution in [3.05, 3.63) is 65.7 Å². The number of hydrogen-bond donors (Lipinski definition) is 0. The second-order valence-electron chi connectivity index (χ2n) is 7.17. The molecule has 1 aliphatic rings. The second-order valence-corrected chi connectivity index (χ2v) is 9.11. The van der Waals surface area contributed by atoms with Crippen molar-refractivity contribution in [1.29, 1.82) is 0 Å². The van der Waals surface area contributed by atoms with Crippen molar-refractivity contribution < 1.29 is 13.2 Å². The minimum atomic E-state index is -3.62. The number of piperazine rings is 1. The Bertz CT molecular complexity index is 919. The Morgan fingerprint density at radius 3 is 2.21 bits per heavy atom. The maximum absolute atomic E-state index is 13.1. The molecule has 0 atom stereocenters. The van der Waals surface area contributed by atoms with E-state index < -0.39 is 10.0 Å². The molecule has 1 heterocycles. The Morgan fingerprint density at radius 2 is 1.59 bits per heavy atom. The Kier molecular flexibility index (Phi) is 7.05. The molecule has 2 aromatic rings. The van der Waals surface area contributed by atoms with Gasteiger partial charge in [-0.05, 0) is 37.6 Å². The van der Waals surface area contributed by atoms with Gasteiger partial charge in [0.1, 0.15) is 0 Å². The number of hydrogen-bond acceptors (Lipinski definition) is 4. The zero-order chi connectivity index (χ0) is 20.9. The fourth-order valence-corrected chi connectivity index (χ4v) is 5.07. The molecular formula is C22H29N3O3S. The molecule has 0 N–H and O–H groups in total. The van der Waals surface area contributed by atoms with E-state index in [2.05, 4.69) is 17.0 Å². The predicted molar refractivity (Wildman–Crippen MR) is 114 cm³/mol. The number of carbonyl (C=O) groups is 1. The van der Waals surface area contributed by atoms with Crippen LogP contribution in [0.4, 0.5) is 0 Å². The van der Waals surface area contributed by atoms with E-state index in [1.165, 1.54) is 15.9 Å². The Morgan fingerprint density at radius 1 is 0.931 bits per heavy atom. The van der Waals surface area contributed by atoms with Crippen LogP contribution in [0.1, 0.15) is 29.8 Å². The quantitative estimate of drug-likeness (QED) is 0.698. The minimum Gasteiger partial charge on any atom is -0.339 e. The van der Waals surface area contributed by atoms with Crippen LogP contribution in [0.3, 0.4) is 0 Å². The first kappa shape index (κ1) is 21.5. The van der Waals surface area contributed by atoms with E-state index >= 15 is 0 Å². The van der Waals surface area contributed by atoms with Gasteiger partial charge in [-0.3, -0.25) is 9.69 Å². The van der Waals surface area contributed by atoms with Gasteiger partial charge in [-0.2, -0.15) is 4.31 Å². The van der Waals surface area contributed by atoms with E-state index in [9.17, 15) is 13.2 Å². The van der Waals surface area contributed by atoms with Gasteiger partial charge in [0.15, 0.2) is 0 Å². The van der Waals surface area contributed by atoms with Crippen molar-refractivity contribution in [3.63, 3.8) is 0 Å². The molecule has 7 heteroatoms. The van der Waals surface area contributed by atoms with Gasteiger partial charge >= 0.3 is 0 Å². The van der Waals surface area contributed by atoms with Crippen molar-refractivity contribution in [2.45, 2.75) is 25.3 Å². The van der Waals surface area contributed by atoms with E-state index in [-0.39, 0.29) is 10.8 Å². The molecule has 0 unspecified atom stereocenters. The van der Waals surface area contributed by atoms with Crippen LogP contribution in [-0.4, -0.2) is 67.7 Å². The van der Waals surface area contributed by atoms with Gasteiger partial charge in [-0.15, -0.1) is 0 Å². The molecule has 3 rings (SSSR count). The number of benzene rings is 2. The first-order valence-electron chi connectivity index (χ1n) is 10.1. The molecule has 1 amide bonds. The number of rotatable bonds is 7. The van der Waals surface area contributed by atoms with Crippen molar-refractivity contribution in [2.75, 3.05) is 39.3 Å². The summed E-state index contributed by atoms with van der Waals surface area (Å²) in [5.41, 5.74) is 1.64. The number of sulfonamides is 1. The van der Waals surface area contributed by atoms with E-state index in [0.717, 1.165) is 6.54 Å². The molecule has 0 spiro atoms. The molecule has 0 radical (unpaired) electrons.